The van der Waals surface area contributed by atoms with Crippen molar-refractivity contribution in [2.24, 2.45) is 0 Å². The standard InChI is InChI=1S/C22H43NO3/c1-2-3-4-5-6-7-8-9-10-11-12-13-14-17-22(26)23(18-15-20-24)19-16-21-25/h7-8,24-25H,2-6,9-21H2,1H3/b8-7-. The summed E-state index contributed by atoms with van der Waals surface area (Å²) in [5.41, 5.74) is 0. The number of unbranched alkanes of at least 4 members (excludes halogenated alkanes) is 9. The average Bonchev–Trinajstić information content (AvgIpc) is 2.65. The number of allylic oxidation sites excluding steroid dienone is 2. The smallest absolute Gasteiger partial charge is 0.222 e. The summed E-state index contributed by atoms with van der Waals surface area (Å²) in [6.45, 7) is 3.66. The second-order valence-electron chi connectivity index (χ2n) is 7.16. The van der Waals surface area contributed by atoms with E-state index < -0.39 is 0 Å². The Morgan fingerprint density at radius 2 is 1.23 bits per heavy atom. The third kappa shape index (κ3) is 16.6. The van der Waals surface area contributed by atoms with E-state index in [2.05, 4.69) is 19.1 Å². The molecule has 0 saturated heterocycles. The molecule has 0 heterocycles. The van der Waals surface area contributed by atoms with Gasteiger partial charge in [-0.2, -0.15) is 0 Å². The highest BCUT2D eigenvalue weighted by molar-refractivity contribution is 5.76. The molecule has 0 aliphatic carbocycles. The minimum absolute atomic E-state index is 0.107. The van der Waals surface area contributed by atoms with E-state index >= 15 is 0 Å². The highest BCUT2D eigenvalue weighted by atomic mass is 16.3. The Bertz CT molecular complexity index is 323. The van der Waals surface area contributed by atoms with E-state index in [1.165, 1.54) is 57.8 Å². The van der Waals surface area contributed by atoms with Crippen LogP contribution in [0.4, 0.5) is 0 Å². The number of hydrogen-bond donors (Lipinski definition) is 2. The Morgan fingerprint density at radius 3 is 1.77 bits per heavy atom. The molecule has 0 aromatic rings. The van der Waals surface area contributed by atoms with E-state index in [-0.39, 0.29) is 19.1 Å². The van der Waals surface area contributed by atoms with Gasteiger partial charge in [0.05, 0.1) is 0 Å². The maximum Gasteiger partial charge on any atom is 0.222 e. The van der Waals surface area contributed by atoms with Gasteiger partial charge in [0, 0.05) is 32.7 Å². The number of carbonyl (C=O) groups is 1. The summed E-state index contributed by atoms with van der Waals surface area (Å²) >= 11 is 0. The van der Waals surface area contributed by atoms with Gasteiger partial charge in [-0.15, -0.1) is 0 Å². The summed E-state index contributed by atoms with van der Waals surface area (Å²) in [6, 6.07) is 0. The summed E-state index contributed by atoms with van der Waals surface area (Å²) < 4.78 is 0. The van der Waals surface area contributed by atoms with Crippen molar-refractivity contribution in [3.8, 4) is 0 Å². The molecule has 0 atom stereocenters. The zero-order valence-corrected chi connectivity index (χ0v) is 17.1. The van der Waals surface area contributed by atoms with Gasteiger partial charge in [-0.3, -0.25) is 4.79 Å². The Morgan fingerprint density at radius 1 is 0.731 bits per heavy atom. The largest absolute Gasteiger partial charge is 0.396 e. The first-order valence-electron chi connectivity index (χ1n) is 10.9. The summed E-state index contributed by atoms with van der Waals surface area (Å²) in [4.78, 5) is 14.0. The van der Waals surface area contributed by atoms with Gasteiger partial charge in [0.15, 0.2) is 0 Å². The van der Waals surface area contributed by atoms with Crippen molar-refractivity contribution in [3.05, 3.63) is 12.2 Å². The molecule has 0 aliphatic heterocycles. The fraction of sp³-hybridized carbons (Fsp3) is 0.864. The second-order valence-corrected chi connectivity index (χ2v) is 7.16. The number of amides is 1. The molecule has 154 valence electrons. The molecule has 0 aliphatic rings. The van der Waals surface area contributed by atoms with Gasteiger partial charge in [-0.05, 0) is 44.9 Å². The first-order valence-corrected chi connectivity index (χ1v) is 10.9. The maximum atomic E-state index is 12.2. The van der Waals surface area contributed by atoms with E-state index in [1.807, 2.05) is 0 Å². The molecule has 26 heavy (non-hydrogen) atoms. The summed E-state index contributed by atoms with van der Waals surface area (Å²) in [5.74, 6) is 0.165. The number of nitrogens with zero attached hydrogens (tertiary/aromatic N) is 1. The zero-order chi connectivity index (χ0) is 19.3. The Kier molecular flexibility index (Phi) is 19.8. The fourth-order valence-corrected chi connectivity index (χ4v) is 3.04. The number of carbonyl (C=O) groups excluding carboxylic acids is 1. The molecule has 0 unspecified atom stereocenters. The molecular weight excluding hydrogens is 326 g/mol. The fourth-order valence-electron chi connectivity index (χ4n) is 3.04. The van der Waals surface area contributed by atoms with Gasteiger partial charge in [0.25, 0.3) is 0 Å². The van der Waals surface area contributed by atoms with Gasteiger partial charge < -0.3 is 15.1 Å². The normalized spacial score (nSPS) is 11.3. The predicted octanol–water partition coefficient (Wildman–Crippen LogP) is 4.84. The van der Waals surface area contributed by atoms with Crippen LogP contribution in [0.5, 0.6) is 0 Å². The van der Waals surface area contributed by atoms with Crippen molar-refractivity contribution in [1.82, 2.24) is 4.90 Å². The minimum atomic E-state index is 0.107. The van der Waals surface area contributed by atoms with Crippen molar-refractivity contribution >= 4 is 5.91 Å². The molecular formula is C22H43NO3. The van der Waals surface area contributed by atoms with Crippen LogP contribution in [-0.2, 0) is 4.79 Å². The molecule has 0 aromatic carbocycles. The lowest BCUT2D eigenvalue weighted by Crippen LogP contribution is -2.33. The molecule has 0 radical (unpaired) electrons. The van der Waals surface area contributed by atoms with Gasteiger partial charge in [-0.1, -0.05) is 57.6 Å². The van der Waals surface area contributed by atoms with Gasteiger partial charge in [-0.25, -0.2) is 0 Å². The van der Waals surface area contributed by atoms with E-state index in [0.717, 1.165) is 12.8 Å². The number of aliphatic hydroxyl groups is 2. The first kappa shape index (κ1) is 25.1. The van der Waals surface area contributed by atoms with Gasteiger partial charge >= 0.3 is 0 Å². The summed E-state index contributed by atoms with van der Waals surface area (Å²) in [7, 11) is 0. The van der Waals surface area contributed by atoms with E-state index in [1.54, 1.807) is 4.90 Å². The van der Waals surface area contributed by atoms with Crippen LogP contribution in [0.25, 0.3) is 0 Å². The number of aliphatic hydroxyl groups excluding tert-OH is 2. The zero-order valence-electron chi connectivity index (χ0n) is 17.1. The van der Waals surface area contributed by atoms with Crippen LogP contribution in [0.1, 0.15) is 96.8 Å². The molecule has 4 nitrogen and oxygen atoms in total. The third-order valence-electron chi connectivity index (χ3n) is 4.68. The Hall–Kier alpha value is -0.870. The minimum Gasteiger partial charge on any atom is -0.396 e. The van der Waals surface area contributed by atoms with Crippen molar-refractivity contribution in [2.75, 3.05) is 26.3 Å². The van der Waals surface area contributed by atoms with Gasteiger partial charge in [0.1, 0.15) is 0 Å². The molecule has 0 fully saturated rings. The lowest BCUT2D eigenvalue weighted by molar-refractivity contribution is -0.131. The lowest BCUT2D eigenvalue weighted by Gasteiger charge is -2.22. The Labute approximate surface area is 161 Å². The van der Waals surface area contributed by atoms with Crippen molar-refractivity contribution < 1.29 is 15.0 Å². The SMILES string of the molecule is CCCCCC/C=C\CCCCCCCC(=O)N(CCCO)CCCO. The number of hydrogen-bond acceptors (Lipinski definition) is 3. The summed E-state index contributed by atoms with van der Waals surface area (Å²) in [6.07, 6.45) is 20.0. The summed E-state index contributed by atoms with van der Waals surface area (Å²) in [5, 5.41) is 17.9. The quantitative estimate of drug-likeness (QED) is 0.253. The van der Waals surface area contributed by atoms with Crippen LogP contribution in [-0.4, -0.2) is 47.3 Å². The molecule has 2 N–H and O–H groups in total. The molecule has 0 saturated carbocycles. The number of rotatable bonds is 19. The maximum absolute atomic E-state index is 12.2. The van der Waals surface area contributed by atoms with Crippen LogP contribution in [0.3, 0.4) is 0 Å². The predicted molar refractivity (Wildman–Crippen MR) is 110 cm³/mol. The molecule has 0 aromatic heterocycles. The van der Waals surface area contributed by atoms with Crippen LogP contribution >= 0.6 is 0 Å². The molecule has 1 amide bonds. The second kappa shape index (κ2) is 20.4. The van der Waals surface area contributed by atoms with Crippen LogP contribution in [0.15, 0.2) is 12.2 Å². The van der Waals surface area contributed by atoms with E-state index in [9.17, 15) is 4.79 Å². The van der Waals surface area contributed by atoms with Crippen molar-refractivity contribution in [1.29, 1.82) is 0 Å². The highest BCUT2D eigenvalue weighted by Gasteiger charge is 2.11. The monoisotopic (exact) mass is 369 g/mol. The van der Waals surface area contributed by atoms with Crippen LogP contribution in [0.2, 0.25) is 0 Å². The third-order valence-corrected chi connectivity index (χ3v) is 4.68. The van der Waals surface area contributed by atoms with Crippen LogP contribution < -0.4 is 0 Å². The Balaban J connectivity index is 3.56. The van der Waals surface area contributed by atoms with Crippen molar-refractivity contribution in [3.63, 3.8) is 0 Å². The van der Waals surface area contributed by atoms with Gasteiger partial charge in [0.2, 0.25) is 5.91 Å². The topological polar surface area (TPSA) is 60.8 Å². The van der Waals surface area contributed by atoms with E-state index in [0.29, 0.717) is 32.4 Å². The average molecular weight is 370 g/mol. The molecule has 0 rings (SSSR count). The van der Waals surface area contributed by atoms with E-state index in [4.69, 9.17) is 10.2 Å². The highest BCUT2D eigenvalue weighted by Crippen LogP contribution is 2.10. The molecule has 0 bridgehead atoms. The lowest BCUT2D eigenvalue weighted by atomic mass is 10.1. The first-order chi connectivity index (χ1) is 12.8. The molecule has 0 spiro atoms. The molecule has 4 heteroatoms. The van der Waals surface area contributed by atoms with Crippen molar-refractivity contribution in [2.45, 2.75) is 96.8 Å². The van der Waals surface area contributed by atoms with Crippen LogP contribution in [0, 0.1) is 0 Å².